The molecule has 8 nitrogen and oxygen atoms in total. The highest BCUT2D eigenvalue weighted by molar-refractivity contribution is 7.88. The van der Waals surface area contributed by atoms with Gasteiger partial charge in [0, 0.05) is 55.3 Å². The number of sulfonamides is 1. The monoisotopic (exact) mass is 455 g/mol. The highest BCUT2D eigenvalue weighted by Gasteiger charge is 2.29. The molecule has 0 amide bonds. The number of aromatic nitrogens is 3. The van der Waals surface area contributed by atoms with Crippen LogP contribution in [0.15, 0.2) is 24.5 Å². The predicted octanol–water partition coefficient (Wildman–Crippen LogP) is 2.47. The van der Waals surface area contributed by atoms with Gasteiger partial charge >= 0.3 is 0 Å². The summed E-state index contributed by atoms with van der Waals surface area (Å²) < 4.78 is 31.1. The van der Waals surface area contributed by atoms with E-state index in [9.17, 15) is 8.42 Å². The number of hydrogen-bond acceptors (Lipinski definition) is 7. The minimum atomic E-state index is -3.16. The molecule has 0 bridgehead atoms. The highest BCUT2D eigenvalue weighted by atomic mass is 32.2. The fourth-order valence-corrected chi connectivity index (χ4v) is 5.71. The third-order valence-electron chi connectivity index (χ3n) is 6.67. The van der Waals surface area contributed by atoms with E-state index < -0.39 is 10.0 Å². The van der Waals surface area contributed by atoms with Gasteiger partial charge in [0.25, 0.3) is 0 Å². The Kier molecular flexibility index (Phi) is 5.73. The average Bonchev–Trinajstić information content (AvgIpc) is 3.28. The van der Waals surface area contributed by atoms with Crippen LogP contribution in [0.3, 0.4) is 0 Å². The Bertz CT molecular complexity index is 1140. The van der Waals surface area contributed by atoms with Gasteiger partial charge in [-0.25, -0.2) is 22.7 Å². The lowest BCUT2D eigenvalue weighted by Crippen LogP contribution is -2.44. The van der Waals surface area contributed by atoms with Gasteiger partial charge in [0.1, 0.15) is 5.82 Å². The summed E-state index contributed by atoms with van der Waals surface area (Å²) >= 11 is 0. The molecule has 2 saturated heterocycles. The fraction of sp³-hybridized carbons (Fsp3) is 0.522. The predicted molar refractivity (Wildman–Crippen MR) is 124 cm³/mol. The lowest BCUT2D eigenvalue weighted by Gasteiger charge is -2.35. The zero-order chi connectivity index (χ0) is 22.3. The summed E-state index contributed by atoms with van der Waals surface area (Å²) in [5, 5.41) is 0. The maximum absolute atomic E-state index is 11.9. The van der Waals surface area contributed by atoms with Gasteiger partial charge in [0.2, 0.25) is 10.0 Å². The molecule has 4 heterocycles. The van der Waals surface area contributed by atoms with Gasteiger partial charge in [0.05, 0.1) is 25.5 Å². The number of ether oxygens (including phenoxy) is 1. The van der Waals surface area contributed by atoms with Crippen LogP contribution in [0.2, 0.25) is 0 Å². The first-order valence-electron chi connectivity index (χ1n) is 11.2. The van der Waals surface area contributed by atoms with Crippen LogP contribution in [0.1, 0.15) is 42.5 Å². The number of fused-ring (bicyclic) bond motifs is 1. The summed E-state index contributed by atoms with van der Waals surface area (Å²) in [5.41, 5.74) is 4.27. The first-order valence-corrected chi connectivity index (χ1v) is 13.1. The van der Waals surface area contributed by atoms with Crippen molar-refractivity contribution < 1.29 is 13.2 Å². The lowest BCUT2D eigenvalue weighted by atomic mass is 9.94. The number of hydrogen-bond donors (Lipinski definition) is 0. The summed E-state index contributed by atoms with van der Waals surface area (Å²) in [6.45, 7) is 5.34. The molecule has 9 heteroatoms. The Hall–Kier alpha value is -2.36. The Balaban J connectivity index is 1.54. The SMILES string of the molecule is C[C@@H]1COCCN1c1cc(C2CCN(S(C)(=O)=O)CC2)nc(-c2cncc3c2C=CC3)n1. The maximum Gasteiger partial charge on any atom is 0.211 e. The number of piperidine rings is 1. The Labute approximate surface area is 189 Å². The van der Waals surface area contributed by atoms with Gasteiger partial charge < -0.3 is 9.64 Å². The van der Waals surface area contributed by atoms with E-state index in [1.165, 1.54) is 11.8 Å². The molecule has 0 aromatic carbocycles. The molecule has 0 saturated carbocycles. The summed E-state index contributed by atoms with van der Waals surface area (Å²) in [7, 11) is -3.16. The van der Waals surface area contributed by atoms with Crippen molar-refractivity contribution in [3.63, 3.8) is 0 Å². The number of allylic oxidation sites excluding steroid dienone is 1. The summed E-state index contributed by atoms with van der Waals surface area (Å²) in [6, 6.07) is 2.32. The van der Waals surface area contributed by atoms with Gasteiger partial charge in [-0.15, -0.1) is 0 Å². The van der Waals surface area contributed by atoms with Crippen molar-refractivity contribution in [3.05, 3.63) is 41.4 Å². The van der Waals surface area contributed by atoms with E-state index in [0.29, 0.717) is 32.1 Å². The van der Waals surface area contributed by atoms with Crippen molar-refractivity contribution in [2.24, 2.45) is 0 Å². The Morgan fingerprint density at radius 1 is 1.12 bits per heavy atom. The van der Waals surface area contributed by atoms with Crippen molar-refractivity contribution in [2.75, 3.05) is 44.0 Å². The van der Waals surface area contributed by atoms with E-state index in [-0.39, 0.29) is 12.0 Å². The van der Waals surface area contributed by atoms with E-state index in [1.54, 1.807) is 4.31 Å². The quantitative estimate of drug-likeness (QED) is 0.700. The third-order valence-corrected chi connectivity index (χ3v) is 7.97. The molecular formula is C23H29N5O3S. The molecule has 0 spiro atoms. The van der Waals surface area contributed by atoms with Crippen LogP contribution in [0, 0.1) is 0 Å². The molecule has 3 aliphatic rings. The van der Waals surface area contributed by atoms with Crippen molar-refractivity contribution in [2.45, 2.75) is 38.1 Å². The lowest BCUT2D eigenvalue weighted by molar-refractivity contribution is 0.0985. The van der Waals surface area contributed by atoms with Gasteiger partial charge in [-0.2, -0.15) is 0 Å². The summed E-state index contributed by atoms with van der Waals surface area (Å²) in [5.74, 6) is 1.80. The fourth-order valence-electron chi connectivity index (χ4n) is 4.84. The molecule has 0 radical (unpaired) electrons. The molecule has 1 atom stereocenters. The average molecular weight is 456 g/mol. The first-order chi connectivity index (χ1) is 15.4. The van der Waals surface area contributed by atoms with Crippen molar-refractivity contribution in [3.8, 4) is 11.4 Å². The zero-order valence-corrected chi connectivity index (χ0v) is 19.4. The Morgan fingerprint density at radius 2 is 1.94 bits per heavy atom. The van der Waals surface area contributed by atoms with Crippen molar-refractivity contribution >= 4 is 21.9 Å². The number of rotatable bonds is 4. The minimum absolute atomic E-state index is 0.199. The normalized spacial score (nSPS) is 22.3. The molecule has 0 N–H and O–H groups in total. The second-order valence-corrected chi connectivity index (χ2v) is 10.9. The second-order valence-electron chi connectivity index (χ2n) is 8.89. The van der Waals surface area contributed by atoms with Crippen molar-refractivity contribution in [1.82, 2.24) is 19.3 Å². The molecule has 2 fully saturated rings. The topological polar surface area (TPSA) is 88.5 Å². The third kappa shape index (κ3) is 4.16. The van der Waals surface area contributed by atoms with Crippen LogP contribution in [-0.4, -0.2) is 72.8 Å². The van der Waals surface area contributed by atoms with Gasteiger partial charge in [-0.05, 0) is 37.3 Å². The maximum atomic E-state index is 11.9. The molecule has 2 aliphatic heterocycles. The smallest absolute Gasteiger partial charge is 0.211 e. The molecule has 2 aromatic rings. The molecule has 32 heavy (non-hydrogen) atoms. The van der Waals surface area contributed by atoms with E-state index in [1.807, 2.05) is 12.4 Å². The first kappa shape index (κ1) is 21.5. The number of anilines is 1. The summed E-state index contributed by atoms with van der Waals surface area (Å²) in [4.78, 5) is 16.7. The molecular weight excluding hydrogens is 426 g/mol. The molecule has 2 aromatic heterocycles. The Morgan fingerprint density at radius 3 is 2.69 bits per heavy atom. The van der Waals surface area contributed by atoms with Crippen LogP contribution in [0.5, 0.6) is 0 Å². The second kappa shape index (κ2) is 8.53. The van der Waals surface area contributed by atoms with Crippen LogP contribution in [-0.2, 0) is 21.2 Å². The van der Waals surface area contributed by atoms with Gasteiger partial charge in [-0.1, -0.05) is 12.2 Å². The van der Waals surface area contributed by atoms with Crippen molar-refractivity contribution in [1.29, 1.82) is 0 Å². The standard InChI is InChI=1S/C23H29N5O3S/c1-16-15-31-11-10-28(16)22-12-21(17-6-8-27(9-7-17)32(2,29)30)25-23(26-22)20-14-24-13-18-4-3-5-19(18)20/h3,5,12-14,16-17H,4,6-11,15H2,1-2H3/t16-/m1/s1. The number of nitrogens with zero attached hydrogens (tertiary/aromatic N) is 5. The largest absolute Gasteiger partial charge is 0.377 e. The van der Waals surface area contributed by atoms with Crippen LogP contribution in [0.25, 0.3) is 17.5 Å². The van der Waals surface area contributed by atoms with E-state index in [2.05, 4.69) is 35.0 Å². The highest BCUT2D eigenvalue weighted by Crippen LogP contribution is 2.34. The molecule has 5 rings (SSSR count). The van der Waals surface area contributed by atoms with E-state index in [0.717, 1.165) is 48.4 Å². The molecule has 170 valence electrons. The van der Waals surface area contributed by atoms with E-state index in [4.69, 9.17) is 14.7 Å². The zero-order valence-electron chi connectivity index (χ0n) is 18.6. The van der Waals surface area contributed by atoms with Crippen LogP contribution in [0.4, 0.5) is 5.82 Å². The number of pyridine rings is 1. The van der Waals surface area contributed by atoms with Gasteiger partial charge in [0.15, 0.2) is 5.82 Å². The molecule has 0 unspecified atom stereocenters. The van der Waals surface area contributed by atoms with Crippen LogP contribution >= 0.6 is 0 Å². The summed E-state index contributed by atoms with van der Waals surface area (Å²) in [6.07, 6.45) is 11.7. The van der Waals surface area contributed by atoms with Gasteiger partial charge in [-0.3, -0.25) is 4.98 Å². The minimum Gasteiger partial charge on any atom is -0.377 e. The number of morpholine rings is 1. The van der Waals surface area contributed by atoms with E-state index >= 15 is 0 Å². The molecule has 1 aliphatic carbocycles. The van der Waals surface area contributed by atoms with Crippen LogP contribution < -0.4 is 4.90 Å².